The predicted octanol–water partition coefficient (Wildman–Crippen LogP) is 1.63. The van der Waals surface area contributed by atoms with Gasteiger partial charge in [-0.1, -0.05) is 13.0 Å². The van der Waals surface area contributed by atoms with Gasteiger partial charge in [0.2, 0.25) is 0 Å². The number of methoxy groups -OCH3 is 1. The fourth-order valence-electron chi connectivity index (χ4n) is 1.80. The summed E-state index contributed by atoms with van der Waals surface area (Å²) in [6.45, 7) is 6.04. The molecule has 0 aromatic carbocycles. The van der Waals surface area contributed by atoms with E-state index < -0.39 is 0 Å². The third-order valence-corrected chi connectivity index (χ3v) is 2.99. The third-order valence-electron chi connectivity index (χ3n) is 2.99. The number of ether oxygens (including phenoxy) is 1. The van der Waals surface area contributed by atoms with Crippen molar-refractivity contribution < 1.29 is 9.53 Å². The molecule has 3 heteroatoms. The highest BCUT2D eigenvalue weighted by Crippen LogP contribution is 2.15. The SMILES string of the molecule is CCC(=O)/C=C/C(C)N1CC[C@@H](OC)C1. The smallest absolute Gasteiger partial charge is 0.155 e. The van der Waals surface area contributed by atoms with E-state index in [1.165, 1.54) is 0 Å². The summed E-state index contributed by atoms with van der Waals surface area (Å²) in [6, 6.07) is 0.334. The van der Waals surface area contributed by atoms with Gasteiger partial charge < -0.3 is 4.74 Å². The van der Waals surface area contributed by atoms with Crippen LogP contribution in [0.4, 0.5) is 0 Å². The molecule has 1 aliphatic rings. The van der Waals surface area contributed by atoms with Crippen LogP contribution in [0.2, 0.25) is 0 Å². The Morgan fingerprint density at radius 2 is 2.40 bits per heavy atom. The number of rotatable bonds is 5. The van der Waals surface area contributed by atoms with Crippen molar-refractivity contribution in [1.29, 1.82) is 0 Å². The zero-order valence-corrected chi connectivity index (χ0v) is 9.90. The van der Waals surface area contributed by atoms with E-state index in [2.05, 4.69) is 11.8 Å². The summed E-state index contributed by atoms with van der Waals surface area (Å²) in [5, 5.41) is 0. The van der Waals surface area contributed by atoms with Crippen molar-refractivity contribution in [2.75, 3.05) is 20.2 Å². The van der Waals surface area contributed by atoms with Crippen molar-refractivity contribution in [2.45, 2.75) is 38.8 Å². The lowest BCUT2D eigenvalue weighted by Crippen LogP contribution is -2.30. The van der Waals surface area contributed by atoms with Crippen LogP contribution >= 0.6 is 0 Å². The third kappa shape index (κ3) is 3.76. The van der Waals surface area contributed by atoms with Crippen LogP contribution in [-0.4, -0.2) is 43.0 Å². The number of carbonyl (C=O) groups excluding carboxylic acids is 1. The summed E-state index contributed by atoms with van der Waals surface area (Å²) >= 11 is 0. The molecule has 0 aliphatic carbocycles. The maximum Gasteiger partial charge on any atom is 0.155 e. The first-order chi connectivity index (χ1) is 7.17. The van der Waals surface area contributed by atoms with E-state index >= 15 is 0 Å². The van der Waals surface area contributed by atoms with E-state index in [-0.39, 0.29) is 5.78 Å². The van der Waals surface area contributed by atoms with Crippen LogP contribution in [0.15, 0.2) is 12.2 Å². The Labute approximate surface area is 92.1 Å². The highest BCUT2D eigenvalue weighted by molar-refractivity contribution is 5.89. The first-order valence-electron chi connectivity index (χ1n) is 5.65. The molecule has 15 heavy (non-hydrogen) atoms. The summed E-state index contributed by atoms with van der Waals surface area (Å²) < 4.78 is 5.31. The van der Waals surface area contributed by atoms with Crippen molar-refractivity contribution in [2.24, 2.45) is 0 Å². The topological polar surface area (TPSA) is 29.5 Å². The van der Waals surface area contributed by atoms with Crippen LogP contribution in [0.1, 0.15) is 26.7 Å². The minimum atomic E-state index is 0.198. The van der Waals surface area contributed by atoms with Gasteiger partial charge in [0.05, 0.1) is 6.10 Å². The van der Waals surface area contributed by atoms with Gasteiger partial charge in [-0.3, -0.25) is 9.69 Å². The first-order valence-corrected chi connectivity index (χ1v) is 5.65. The zero-order valence-electron chi connectivity index (χ0n) is 9.90. The number of hydrogen-bond acceptors (Lipinski definition) is 3. The molecule has 0 saturated carbocycles. The van der Waals surface area contributed by atoms with Gasteiger partial charge in [-0.2, -0.15) is 0 Å². The average Bonchev–Trinajstić information content (AvgIpc) is 2.73. The van der Waals surface area contributed by atoms with E-state index in [0.29, 0.717) is 18.6 Å². The monoisotopic (exact) mass is 211 g/mol. The van der Waals surface area contributed by atoms with Gasteiger partial charge in [-0.25, -0.2) is 0 Å². The zero-order chi connectivity index (χ0) is 11.3. The van der Waals surface area contributed by atoms with Gasteiger partial charge in [0.1, 0.15) is 0 Å². The normalized spacial score (nSPS) is 24.9. The molecule has 1 aliphatic heterocycles. The molecule has 0 bridgehead atoms. The lowest BCUT2D eigenvalue weighted by Gasteiger charge is -2.20. The Balaban J connectivity index is 2.38. The van der Waals surface area contributed by atoms with Crippen LogP contribution in [-0.2, 0) is 9.53 Å². The molecule has 0 spiro atoms. The van der Waals surface area contributed by atoms with Gasteiger partial charge in [0.15, 0.2) is 5.78 Å². The molecule has 1 fully saturated rings. The molecule has 86 valence electrons. The molecule has 1 rings (SSSR count). The Hall–Kier alpha value is -0.670. The molecule has 0 aromatic heterocycles. The molecular weight excluding hydrogens is 190 g/mol. The highest BCUT2D eigenvalue weighted by atomic mass is 16.5. The quantitative estimate of drug-likeness (QED) is 0.647. The predicted molar refractivity (Wildman–Crippen MR) is 60.9 cm³/mol. The Morgan fingerprint density at radius 1 is 1.67 bits per heavy atom. The second-order valence-electron chi connectivity index (χ2n) is 4.06. The Bertz CT molecular complexity index is 238. The van der Waals surface area contributed by atoms with E-state index in [1.807, 2.05) is 13.0 Å². The summed E-state index contributed by atoms with van der Waals surface area (Å²) in [5.74, 6) is 0.198. The van der Waals surface area contributed by atoms with Gasteiger partial charge in [-0.15, -0.1) is 0 Å². The minimum Gasteiger partial charge on any atom is -0.380 e. The summed E-state index contributed by atoms with van der Waals surface area (Å²) in [6.07, 6.45) is 5.73. The van der Waals surface area contributed by atoms with Crippen molar-refractivity contribution >= 4 is 5.78 Å². The van der Waals surface area contributed by atoms with Crippen molar-refractivity contribution in [3.05, 3.63) is 12.2 Å². The molecule has 0 N–H and O–H groups in total. The van der Waals surface area contributed by atoms with Crippen molar-refractivity contribution in [3.63, 3.8) is 0 Å². The van der Waals surface area contributed by atoms with E-state index in [4.69, 9.17) is 4.74 Å². The van der Waals surface area contributed by atoms with Crippen LogP contribution in [0.25, 0.3) is 0 Å². The van der Waals surface area contributed by atoms with Crippen molar-refractivity contribution in [3.8, 4) is 0 Å². The highest BCUT2D eigenvalue weighted by Gasteiger charge is 2.24. The fraction of sp³-hybridized carbons (Fsp3) is 0.750. The largest absolute Gasteiger partial charge is 0.380 e. The Kier molecular flexibility index (Phi) is 4.99. The summed E-state index contributed by atoms with van der Waals surface area (Å²) in [5.41, 5.74) is 0. The second-order valence-corrected chi connectivity index (χ2v) is 4.06. The maximum absolute atomic E-state index is 11.1. The number of allylic oxidation sites excluding steroid dienone is 1. The van der Waals surface area contributed by atoms with Gasteiger partial charge in [-0.05, 0) is 19.4 Å². The number of nitrogens with zero attached hydrogens (tertiary/aromatic N) is 1. The molecule has 0 aromatic rings. The number of hydrogen-bond donors (Lipinski definition) is 0. The van der Waals surface area contributed by atoms with E-state index in [9.17, 15) is 4.79 Å². The maximum atomic E-state index is 11.1. The molecule has 3 nitrogen and oxygen atoms in total. The molecule has 1 heterocycles. The lowest BCUT2D eigenvalue weighted by molar-refractivity contribution is -0.114. The van der Waals surface area contributed by atoms with Gasteiger partial charge in [0, 0.05) is 32.7 Å². The van der Waals surface area contributed by atoms with Crippen LogP contribution in [0, 0.1) is 0 Å². The number of ketones is 1. The first kappa shape index (κ1) is 12.4. The lowest BCUT2D eigenvalue weighted by atomic mass is 10.2. The summed E-state index contributed by atoms with van der Waals surface area (Å²) in [4.78, 5) is 13.5. The van der Waals surface area contributed by atoms with Crippen LogP contribution in [0.5, 0.6) is 0 Å². The summed E-state index contributed by atoms with van der Waals surface area (Å²) in [7, 11) is 1.76. The standard InChI is InChI=1S/C12H21NO2/c1-4-11(14)6-5-10(2)13-8-7-12(9-13)15-3/h5-6,10,12H,4,7-9H2,1-3H3/b6-5+/t10?,12-/m1/s1. The average molecular weight is 211 g/mol. The molecule has 1 unspecified atom stereocenters. The van der Waals surface area contributed by atoms with Crippen LogP contribution in [0.3, 0.4) is 0 Å². The number of likely N-dealkylation sites (tertiary alicyclic amines) is 1. The molecule has 2 atom stereocenters. The molecule has 1 saturated heterocycles. The number of carbonyl (C=O) groups is 1. The molecule has 0 amide bonds. The van der Waals surface area contributed by atoms with Gasteiger partial charge in [0.25, 0.3) is 0 Å². The molecular formula is C12H21NO2. The van der Waals surface area contributed by atoms with Gasteiger partial charge >= 0.3 is 0 Å². The van der Waals surface area contributed by atoms with E-state index in [0.717, 1.165) is 19.5 Å². The Morgan fingerprint density at radius 3 is 2.93 bits per heavy atom. The van der Waals surface area contributed by atoms with Crippen LogP contribution < -0.4 is 0 Å². The fourth-order valence-corrected chi connectivity index (χ4v) is 1.80. The van der Waals surface area contributed by atoms with E-state index in [1.54, 1.807) is 13.2 Å². The second kappa shape index (κ2) is 6.03. The molecule has 0 radical (unpaired) electrons. The minimum absolute atomic E-state index is 0.198. The van der Waals surface area contributed by atoms with Crippen molar-refractivity contribution in [1.82, 2.24) is 4.90 Å².